The van der Waals surface area contributed by atoms with Crippen LogP contribution in [0.3, 0.4) is 0 Å². The van der Waals surface area contributed by atoms with Gasteiger partial charge in [-0.3, -0.25) is 4.68 Å². The van der Waals surface area contributed by atoms with E-state index in [1.54, 1.807) is 7.11 Å². The van der Waals surface area contributed by atoms with Crippen LogP contribution in [0.15, 0.2) is 6.20 Å². The van der Waals surface area contributed by atoms with Gasteiger partial charge in [0, 0.05) is 6.54 Å². The fraction of sp³-hybridized carbons (Fsp3) is 0.800. The van der Waals surface area contributed by atoms with Gasteiger partial charge in [-0.1, -0.05) is 26.7 Å². The van der Waals surface area contributed by atoms with Crippen LogP contribution < -0.4 is 10.5 Å². The van der Waals surface area contributed by atoms with Crippen LogP contribution in [0, 0.1) is 5.41 Å². The van der Waals surface area contributed by atoms with E-state index >= 15 is 0 Å². The van der Waals surface area contributed by atoms with Gasteiger partial charge in [0.2, 0.25) is 0 Å². The van der Waals surface area contributed by atoms with Crippen LogP contribution in [-0.2, 0) is 6.54 Å². The van der Waals surface area contributed by atoms with Crippen molar-refractivity contribution in [2.45, 2.75) is 65.0 Å². The van der Waals surface area contributed by atoms with Crippen molar-refractivity contribution in [3.8, 4) is 5.75 Å². The first-order valence-corrected chi connectivity index (χ1v) is 7.53. The molecule has 1 saturated carbocycles. The lowest BCUT2D eigenvalue weighted by Crippen LogP contribution is -2.33. The molecule has 0 saturated heterocycles. The second kappa shape index (κ2) is 5.95. The Kier molecular flexibility index (Phi) is 4.50. The highest BCUT2D eigenvalue weighted by Crippen LogP contribution is 2.50. The monoisotopic (exact) mass is 265 g/mol. The Labute approximate surface area is 116 Å². The number of hydrogen-bond donors (Lipinski definition) is 1. The van der Waals surface area contributed by atoms with Gasteiger partial charge >= 0.3 is 0 Å². The highest BCUT2D eigenvalue weighted by Gasteiger charge is 2.41. The summed E-state index contributed by atoms with van der Waals surface area (Å²) in [5.41, 5.74) is 7.98. The molecule has 1 atom stereocenters. The molecule has 2 rings (SSSR count). The fourth-order valence-electron chi connectivity index (χ4n) is 3.49. The lowest BCUT2D eigenvalue weighted by Gasteiger charge is -2.35. The number of rotatable bonds is 6. The van der Waals surface area contributed by atoms with Gasteiger partial charge in [0.15, 0.2) is 5.75 Å². The van der Waals surface area contributed by atoms with E-state index in [4.69, 9.17) is 10.5 Å². The molecule has 1 aliphatic rings. The summed E-state index contributed by atoms with van der Waals surface area (Å²) in [5.74, 6) is 0.848. The minimum atomic E-state index is 0.0315. The van der Waals surface area contributed by atoms with Crippen molar-refractivity contribution in [1.82, 2.24) is 9.78 Å². The van der Waals surface area contributed by atoms with E-state index in [2.05, 4.69) is 18.9 Å². The highest BCUT2D eigenvalue weighted by molar-refractivity contribution is 5.30. The molecular formula is C15H27N3O. The third kappa shape index (κ3) is 2.50. The number of aromatic nitrogens is 2. The first-order chi connectivity index (χ1) is 9.18. The Morgan fingerprint density at radius 3 is 2.63 bits per heavy atom. The molecule has 108 valence electrons. The van der Waals surface area contributed by atoms with Crippen molar-refractivity contribution in [3.05, 3.63) is 11.9 Å². The maximum atomic E-state index is 6.66. The van der Waals surface area contributed by atoms with Crippen LogP contribution >= 0.6 is 0 Å². The fourth-order valence-corrected chi connectivity index (χ4v) is 3.49. The molecular weight excluding hydrogens is 238 g/mol. The van der Waals surface area contributed by atoms with E-state index in [9.17, 15) is 0 Å². The van der Waals surface area contributed by atoms with Crippen LogP contribution in [0.2, 0.25) is 0 Å². The van der Waals surface area contributed by atoms with Crippen LogP contribution in [-0.4, -0.2) is 16.9 Å². The quantitative estimate of drug-likeness (QED) is 0.859. The molecule has 4 nitrogen and oxygen atoms in total. The minimum absolute atomic E-state index is 0.0315. The standard InChI is InChI=1S/C15H27N3O/c1-4-10-18-13(12(19-3)11-17-18)14(16)15(5-2)8-6-7-9-15/h11,14H,4-10,16H2,1-3H3. The van der Waals surface area contributed by atoms with Gasteiger partial charge in [-0.25, -0.2) is 0 Å². The molecule has 1 fully saturated rings. The van der Waals surface area contributed by atoms with Crippen LogP contribution in [0.1, 0.15) is 64.1 Å². The molecule has 4 heteroatoms. The van der Waals surface area contributed by atoms with Crippen molar-refractivity contribution >= 4 is 0 Å². The lowest BCUT2D eigenvalue weighted by atomic mass is 9.75. The average Bonchev–Trinajstić information content (AvgIpc) is 3.05. The number of nitrogens with two attached hydrogens (primary N) is 1. The Balaban J connectivity index is 2.35. The summed E-state index contributed by atoms with van der Waals surface area (Å²) in [6.45, 7) is 5.33. The minimum Gasteiger partial charge on any atom is -0.493 e. The first-order valence-electron chi connectivity index (χ1n) is 7.53. The van der Waals surface area contributed by atoms with Gasteiger partial charge in [0.25, 0.3) is 0 Å². The van der Waals surface area contributed by atoms with Crippen molar-refractivity contribution in [2.24, 2.45) is 11.1 Å². The summed E-state index contributed by atoms with van der Waals surface area (Å²) in [6.07, 6.45) is 9.05. The van der Waals surface area contributed by atoms with E-state index in [0.717, 1.165) is 30.8 Å². The molecule has 0 aliphatic heterocycles. The molecule has 1 aromatic heterocycles. The van der Waals surface area contributed by atoms with Crippen LogP contribution in [0.25, 0.3) is 0 Å². The van der Waals surface area contributed by atoms with Crippen molar-refractivity contribution in [2.75, 3.05) is 7.11 Å². The topological polar surface area (TPSA) is 53.1 Å². The van der Waals surface area contributed by atoms with Gasteiger partial charge in [0.05, 0.1) is 25.0 Å². The highest BCUT2D eigenvalue weighted by atomic mass is 16.5. The predicted molar refractivity (Wildman–Crippen MR) is 77.2 cm³/mol. The molecule has 1 unspecified atom stereocenters. The van der Waals surface area contributed by atoms with E-state index in [1.165, 1.54) is 25.7 Å². The molecule has 0 bridgehead atoms. The number of methoxy groups -OCH3 is 1. The smallest absolute Gasteiger partial charge is 0.161 e. The Bertz CT molecular complexity index is 408. The zero-order valence-electron chi connectivity index (χ0n) is 12.5. The number of nitrogens with zero attached hydrogens (tertiary/aromatic N) is 2. The Morgan fingerprint density at radius 1 is 1.42 bits per heavy atom. The normalized spacial score (nSPS) is 19.6. The zero-order valence-corrected chi connectivity index (χ0v) is 12.5. The largest absolute Gasteiger partial charge is 0.493 e. The molecule has 0 radical (unpaired) electrons. The number of aryl methyl sites for hydroxylation is 1. The van der Waals surface area contributed by atoms with Gasteiger partial charge in [-0.05, 0) is 31.1 Å². The summed E-state index contributed by atoms with van der Waals surface area (Å²) >= 11 is 0. The number of ether oxygens (including phenoxy) is 1. The van der Waals surface area contributed by atoms with E-state index < -0.39 is 0 Å². The van der Waals surface area contributed by atoms with Gasteiger partial charge in [-0.15, -0.1) is 0 Å². The molecule has 0 spiro atoms. The van der Waals surface area contributed by atoms with Crippen LogP contribution in [0.4, 0.5) is 0 Å². The Hall–Kier alpha value is -1.03. The molecule has 0 aromatic carbocycles. The summed E-state index contributed by atoms with van der Waals surface area (Å²) < 4.78 is 7.52. The molecule has 1 heterocycles. The van der Waals surface area contributed by atoms with Gasteiger partial charge in [0.1, 0.15) is 0 Å². The average molecular weight is 265 g/mol. The predicted octanol–water partition coefficient (Wildman–Crippen LogP) is 3.27. The summed E-state index contributed by atoms with van der Waals surface area (Å²) in [4.78, 5) is 0. The van der Waals surface area contributed by atoms with Gasteiger partial charge in [-0.2, -0.15) is 5.10 Å². The summed E-state index contributed by atoms with van der Waals surface area (Å²) in [7, 11) is 1.71. The third-order valence-corrected chi connectivity index (χ3v) is 4.76. The van der Waals surface area contributed by atoms with Crippen molar-refractivity contribution < 1.29 is 4.74 Å². The molecule has 2 N–H and O–H groups in total. The Morgan fingerprint density at radius 2 is 2.11 bits per heavy atom. The summed E-state index contributed by atoms with van der Waals surface area (Å²) in [6, 6.07) is 0.0315. The van der Waals surface area contributed by atoms with Gasteiger partial charge < -0.3 is 10.5 Å². The molecule has 1 aromatic rings. The number of hydrogen-bond acceptors (Lipinski definition) is 3. The lowest BCUT2D eigenvalue weighted by molar-refractivity contribution is 0.208. The zero-order chi connectivity index (χ0) is 13.9. The first kappa shape index (κ1) is 14.4. The van der Waals surface area contributed by atoms with E-state index in [1.807, 2.05) is 10.9 Å². The van der Waals surface area contributed by atoms with Crippen LogP contribution in [0.5, 0.6) is 5.75 Å². The SMILES string of the molecule is CCCn1ncc(OC)c1C(N)C1(CC)CCCC1. The van der Waals surface area contributed by atoms with Crippen molar-refractivity contribution in [3.63, 3.8) is 0 Å². The maximum absolute atomic E-state index is 6.66. The second-order valence-corrected chi connectivity index (χ2v) is 5.72. The van der Waals surface area contributed by atoms with E-state index in [-0.39, 0.29) is 11.5 Å². The second-order valence-electron chi connectivity index (χ2n) is 5.72. The molecule has 19 heavy (non-hydrogen) atoms. The molecule has 1 aliphatic carbocycles. The molecule has 0 amide bonds. The van der Waals surface area contributed by atoms with E-state index in [0.29, 0.717) is 0 Å². The summed E-state index contributed by atoms with van der Waals surface area (Å²) in [5, 5.41) is 4.45. The van der Waals surface area contributed by atoms with Crippen molar-refractivity contribution in [1.29, 1.82) is 0 Å². The maximum Gasteiger partial charge on any atom is 0.161 e. The third-order valence-electron chi connectivity index (χ3n) is 4.76.